The van der Waals surface area contributed by atoms with Crippen LogP contribution in [0.5, 0.6) is 17.5 Å². The predicted molar refractivity (Wildman–Crippen MR) is 116 cm³/mol. The lowest BCUT2D eigenvalue weighted by atomic mass is 10.1. The van der Waals surface area contributed by atoms with Crippen LogP contribution in [-0.4, -0.2) is 54.9 Å². The Morgan fingerprint density at radius 1 is 1.13 bits per heavy atom. The van der Waals surface area contributed by atoms with E-state index in [4.69, 9.17) is 14.5 Å². The number of pyridine rings is 2. The summed E-state index contributed by atoms with van der Waals surface area (Å²) < 4.78 is 13.9. The molecule has 0 aliphatic heterocycles. The van der Waals surface area contributed by atoms with Gasteiger partial charge in [-0.05, 0) is 38.5 Å². The zero-order valence-corrected chi connectivity index (χ0v) is 18.1. The molecule has 0 saturated carbocycles. The van der Waals surface area contributed by atoms with E-state index in [1.165, 1.54) is 7.11 Å². The van der Waals surface area contributed by atoms with Crippen molar-refractivity contribution >= 4 is 10.9 Å². The molecule has 4 aromatic rings. The second-order valence-electron chi connectivity index (χ2n) is 7.50. The van der Waals surface area contributed by atoms with Crippen LogP contribution in [0.4, 0.5) is 0 Å². The van der Waals surface area contributed by atoms with Crippen molar-refractivity contribution in [2.75, 3.05) is 14.2 Å². The standard InChI is InChI=1S/C22H25N5O4/c1-12-6-17(15-7-18(30-4)21(31-5)23-8-15)25-20-14(3)27(22(29)19(12)20)16-9-24-26(11-16)10-13(2)28/h6-9,11,13,28-29H,10H2,1-5H3/t13-/m1/s1. The number of aromatic nitrogens is 5. The first-order valence-corrected chi connectivity index (χ1v) is 9.85. The van der Waals surface area contributed by atoms with Crippen LogP contribution in [0, 0.1) is 13.8 Å². The third kappa shape index (κ3) is 3.57. The first-order valence-electron chi connectivity index (χ1n) is 9.85. The number of aromatic hydroxyl groups is 1. The van der Waals surface area contributed by atoms with Crippen molar-refractivity contribution in [2.24, 2.45) is 0 Å². The Morgan fingerprint density at radius 3 is 2.58 bits per heavy atom. The summed E-state index contributed by atoms with van der Waals surface area (Å²) in [5.41, 5.74) is 4.53. The molecule has 9 heteroatoms. The SMILES string of the molecule is COc1cc(-c2cc(C)c3c(O)n(-c4cnn(C[C@@H](C)O)c4)c(C)c3n2)cnc1OC. The number of nitrogens with zero attached hydrogens (tertiary/aromatic N) is 5. The van der Waals surface area contributed by atoms with Gasteiger partial charge in [0, 0.05) is 23.7 Å². The van der Waals surface area contributed by atoms with Crippen LogP contribution >= 0.6 is 0 Å². The molecule has 0 saturated heterocycles. The van der Waals surface area contributed by atoms with E-state index in [0.29, 0.717) is 40.5 Å². The number of rotatable bonds is 6. The molecule has 4 heterocycles. The van der Waals surface area contributed by atoms with Gasteiger partial charge in [-0.1, -0.05) is 0 Å². The summed E-state index contributed by atoms with van der Waals surface area (Å²) in [6.07, 6.45) is 4.60. The van der Waals surface area contributed by atoms with Crippen molar-refractivity contribution in [1.82, 2.24) is 24.3 Å². The maximum absolute atomic E-state index is 11.0. The van der Waals surface area contributed by atoms with E-state index in [1.807, 2.05) is 26.0 Å². The van der Waals surface area contributed by atoms with Crippen LogP contribution in [0.15, 0.2) is 30.7 Å². The molecule has 2 N–H and O–H groups in total. The Hall–Kier alpha value is -3.59. The Labute approximate surface area is 179 Å². The Kier molecular flexibility index (Phi) is 5.28. The second-order valence-corrected chi connectivity index (χ2v) is 7.50. The summed E-state index contributed by atoms with van der Waals surface area (Å²) in [5, 5.41) is 25.6. The van der Waals surface area contributed by atoms with Crippen molar-refractivity contribution in [3.05, 3.63) is 42.0 Å². The molecule has 4 aromatic heterocycles. The van der Waals surface area contributed by atoms with Crippen LogP contribution in [0.1, 0.15) is 18.2 Å². The van der Waals surface area contributed by atoms with Gasteiger partial charge in [-0.3, -0.25) is 9.25 Å². The maximum Gasteiger partial charge on any atom is 0.256 e. The van der Waals surface area contributed by atoms with Gasteiger partial charge in [-0.25, -0.2) is 9.97 Å². The summed E-state index contributed by atoms with van der Waals surface area (Å²) in [6.45, 7) is 5.90. The van der Waals surface area contributed by atoms with Crippen LogP contribution in [-0.2, 0) is 6.54 Å². The van der Waals surface area contributed by atoms with Gasteiger partial charge < -0.3 is 19.7 Å². The first-order chi connectivity index (χ1) is 14.8. The molecule has 0 radical (unpaired) electrons. The van der Waals surface area contributed by atoms with Crippen LogP contribution < -0.4 is 9.47 Å². The van der Waals surface area contributed by atoms with Crippen molar-refractivity contribution in [1.29, 1.82) is 0 Å². The normalized spacial score (nSPS) is 12.3. The topological polar surface area (TPSA) is 107 Å². The Bertz CT molecular complexity index is 1260. The number of methoxy groups -OCH3 is 2. The van der Waals surface area contributed by atoms with E-state index in [0.717, 1.165) is 16.8 Å². The zero-order chi connectivity index (χ0) is 22.3. The monoisotopic (exact) mass is 423 g/mol. The molecule has 0 fully saturated rings. The fourth-order valence-corrected chi connectivity index (χ4v) is 3.77. The summed E-state index contributed by atoms with van der Waals surface area (Å²) in [6, 6.07) is 3.73. The number of hydrogen-bond donors (Lipinski definition) is 2. The Morgan fingerprint density at radius 2 is 1.90 bits per heavy atom. The molecule has 0 aliphatic rings. The average Bonchev–Trinajstić information content (AvgIpc) is 3.28. The fraction of sp³-hybridized carbons (Fsp3) is 0.318. The van der Waals surface area contributed by atoms with Crippen molar-refractivity contribution < 1.29 is 19.7 Å². The summed E-state index contributed by atoms with van der Waals surface area (Å²) in [7, 11) is 3.10. The van der Waals surface area contributed by atoms with Gasteiger partial charge in [0.2, 0.25) is 5.88 Å². The fourth-order valence-electron chi connectivity index (χ4n) is 3.77. The molecule has 0 unspecified atom stereocenters. The average molecular weight is 423 g/mol. The van der Waals surface area contributed by atoms with Gasteiger partial charge >= 0.3 is 0 Å². The highest BCUT2D eigenvalue weighted by molar-refractivity contribution is 5.93. The van der Waals surface area contributed by atoms with Gasteiger partial charge in [0.15, 0.2) is 5.75 Å². The molecular weight excluding hydrogens is 398 g/mol. The molecule has 0 amide bonds. The molecule has 4 rings (SSSR count). The molecule has 0 aromatic carbocycles. The molecule has 1 atom stereocenters. The van der Waals surface area contributed by atoms with E-state index in [1.54, 1.807) is 41.9 Å². The Balaban J connectivity index is 1.85. The zero-order valence-electron chi connectivity index (χ0n) is 18.1. The maximum atomic E-state index is 11.0. The molecule has 0 bridgehead atoms. The van der Waals surface area contributed by atoms with Gasteiger partial charge in [0.05, 0.1) is 55.3 Å². The lowest BCUT2D eigenvalue weighted by Crippen LogP contribution is -2.11. The van der Waals surface area contributed by atoms with Crippen LogP contribution in [0.25, 0.3) is 27.8 Å². The number of ether oxygens (including phenoxy) is 2. The quantitative estimate of drug-likeness (QED) is 0.491. The number of aliphatic hydroxyl groups is 1. The van der Waals surface area contributed by atoms with Crippen molar-refractivity contribution in [3.63, 3.8) is 0 Å². The predicted octanol–water partition coefficient (Wildman–Crippen LogP) is 3.00. The lowest BCUT2D eigenvalue weighted by Gasteiger charge is -2.09. The van der Waals surface area contributed by atoms with Crippen LogP contribution in [0.2, 0.25) is 0 Å². The lowest BCUT2D eigenvalue weighted by molar-refractivity contribution is 0.168. The van der Waals surface area contributed by atoms with Crippen molar-refractivity contribution in [2.45, 2.75) is 33.4 Å². The van der Waals surface area contributed by atoms with Crippen LogP contribution in [0.3, 0.4) is 0 Å². The molecule has 0 spiro atoms. The molecular formula is C22H25N5O4. The minimum Gasteiger partial charge on any atom is -0.494 e. The van der Waals surface area contributed by atoms with E-state index in [2.05, 4.69) is 10.1 Å². The van der Waals surface area contributed by atoms with E-state index >= 15 is 0 Å². The smallest absolute Gasteiger partial charge is 0.256 e. The molecule has 9 nitrogen and oxygen atoms in total. The number of aliphatic hydroxyl groups excluding tert-OH is 1. The third-order valence-corrected chi connectivity index (χ3v) is 5.19. The number of hydrogen-bond acceptors (Lipinski definition) is 7. The van der Waals surface area contributed by atoms with Gasteiger partial charge in [0.1, 0.15) is 0 Å². The second kappa shape index (κ2) is 7.92. The highest BCUT2D eigenvalue weighted by atomic mass is 16.5. The summed E-state index contributed by atoms with van der Waals surface area (Å²) >= 11 is 0. The van der Waals surface area contributed by atoms with E-state index in [9.17, 15) is 10.2 Å². The third-order valence-electron chi connectivity index (χ3n) is 5.19. The minimum atomic E-state index is -0.521. The molecule has 162 valence electrons. The summed E-state index contributed by atoms with van der Waals surface area (Å²) in [5.74, 6) is 1.02. The van der Waals surface area contributed by atoms with Gasteiger partial charge in [-0.15, -0.1) is 0 Å². The highest BCUT2D eigenvalue weighted by Crippen LogP contribution is 2.37. The van der Waals surface area contributed by atoms with E-state index in [-0.39, 0.29) is 5.88 Å². The minimum absolute atomic E-state index is 0.103. The van der Waals surface area contributed by atoms with Crippen molar-refractivity contribution in [3.8, 4) is 34.5 Å². The number of fused-ring (bicyclic) bond motifs is 1. The summed E-state index contributed by atoms with van der Waals surface area (Å²) in [4.78, 5) is 9.11. The largest absolute Gasteiger partial charge is 0.494 e. The molecule has 0 aliphatic carbocycles. The van der Waals surface area contributed by atoms with Gasteiger partial charge in [-0.2, -0.15) is 5.10 Å². The number of aryl methyl sites for hydroxylation is 2. The highest BCUT2D eigenvalue weighted by Gasteiger charge is 2.21. The first kappa shape index (κ1) is 20.7. The van der Waals surface area contributed by atoms with Gasteiger partial charge in [0.25, 0.3) is 5.88 Å². The van der Waals surface area contributed by atoms with E-state index < -0.39 is 6.10 Å². The molecule has 31 heavy (non-hydrogen) atoms.